The van der Waals surface area contributed by atoms with Crippen molar-refractivity contribution in [2.75, 3.05) is 20.8 Å². The molecule has 0 radical (unpaired) electrons. The van der Waals surface area contributed by atoms with Crippen molar-refractivity contribution in [3.05, 3.63) is 83.4 Å². The summed E-state index contributed by atoms with van der Waals surface area (Å²) in [6.45, 7) is 2.76. The highest BCUT2D eigenvalue weighted by molar-refractivity contribution is 5.90. The smallest absolute Gasteiger partial charge is 0.176 e. The van der Waals surface area contributed by atoms with Gasteiger partial charge in [0.2, 0.25) is 0 Å². The van der Waals surface area contributed by atoms with Crippen molar-refractivity contribution in [3.63, 3.8) is 0 Å². The lowest BCUT2D eigenvalue weighted by Gasteiger charge is -2.30. The fraction of sp³-hybridized carbons (Fsp3) is 0.231. The first kappa shape index (κ1) is 18.8. The molecule has 152 valence electrons. The lowest BCUT2D eigenvalue weighted by molar-refractivity contribution is 0.241. The van der Waals surface area contributed by atoms with E-state index in [9.17, 15) is 0 Å². The van der Waals surface area contributed by atoms with Gasteiger partial charge in [0.05, 0.1) is 14.2 Å². The van der Waals surface area contributed by atoms with Gasteiger partial charge < -0.3 is 13.9 Å². The zero-order chi connectivity index (χ0) is 20.5. The molecule has 4 aromatic rings. The summed E-state index contributed by atoms with van der Waals surface area (Å²) in [5, 5.41) is 1.11. The van der Waals surface area contributed by atoms with E-state index in [1.165, 1.54) is 16.7 Å². The van der Waals surface area contributed by atoms with Crippen molar-refractivity contribution in [2.45, 2.75) is 19.5 Å². The molecule has 5 rings (SSSR count). The Bertz CT molecular complexity index is 1170. The maximum atomic E-state index is 6.24. The summed E-state index contributed by atoms with van der Waals surface area (Å²) < 4.78 is 17.4. The summed E-state index contributed by atoms with van der Waals surface area (Å²) in [5.74, 6) is 2.61. The van der Waals surface area contributed by atoms with Crippen molar-refractivity contribution in [3.8, 4) is 22.8 Å². The van der Waals surface area contributed by atoms with Crippen LogP contribution in [-0.4, -0.2) is 25.7 Å². The van der Waals surface area contributed by atoms with Crippen LogP contribution in [0.5, 0.6) is 11.5 Å². The molecule has 0 atom stereocenters. The lowest BCUT2D eigenvalue weighted by atomic mass is 9.98. The van der Waals surface area contributed by atoms with Crippen LogP contribution in [0.2, 0.25) is 0 Å². The van der Waals surface area contributed by atoms with Crippen LogP contribution in [0.25, 0.3) is 22.3 Å². The first-order valence-electron chi connectivity index (χ1n) is 10.3. The Morgan fingerprint density at radius 3 is 2.53 bits per heavy atom. The van der Waals surface area contributed by atoms with Crippen molar-refractivity contribution in [1.82, 2.24) is 4.90 Å². The number of nitrogens with zero attached hydrogens (tertiary/aromatic N) is 1. The van der Waals surface area contributed by atoms with E-state index in [0.29, 0.717) is 0 Å². The predicted molar refractivity (Wildman–Crippen MR) is 119 cm³/mol. The Hall–Kier alpha value is -3.24. The van der Waals surface area contributed by atoms with Gasteiger partial charge in [-0.3, -0.25) is 4.90 Å². The number of methoxy groups -OCH3 is 2. The molecular weight excluding hydrogens is 374 g/mol. The molecule has 0 N–H and O–H groups in total. The van der Waals surface area contributed by atoms with Gasteiger partial charge in [-0.1, -0.05) is 48.5 Å². The molecule has 4 nitrogen and oxygen atoms in total. The van der Waals surface area contributed by atoms with E-state index in [4.69, 9.17) is 13.9 Å². The van der Waals surface area contributed by atoms with E-state index in [1.54, 1.807) is 14.2 Å². The van der Waals surface area contributed by atoms with E-state index in [1.807, 2.05) is 24.3 Å². The molecule has 1 aliphatic heterocycles. The topological polar surface area (TPSA) is 34.8 Å². The van der Waals surface area contributed by atoms with Crippen molar-refractivity contribution < 1.29 is 13.9 Å². The zero-order valence-electron chi connectivity index (χ0n) is 17.4. The van der Waals surface area contributed by atoms with Crippen molar-refractivity contribution in [2.24, 2.45) is 0 Å². The van der Waals surface area contributed by atoms with Crippen LogP contribution in [0, 0.1) is 0 Å². The van der Waals surface area contributed by atoms with Gasteiger partial charge in [-0.2, -0.15) is 0 Å². The molecule has 0 amide bonds. The zero-order valence-corrected chi connectivity index (χ0v) is 17.4. The highest BCUT2D eigenvalue weighted by Gasteiger charge is 2.21. The average molecular weight is 399 g/mol. The molecule has 0 spiro atoms. The molecule has 30 heavy (non-hydrogen) atoms. The fourth-order valence-corrected chi connectivity index (χ4v) is 4.37. The van der Waals surface area contributed by atoms with E-state index in [0.717, 1.165) is 59.8 Å². The monoisotopic (exact) mass is 399 g/mol. The minimum absolute atomic E-state index is 0.765. The number of benzene rings is 3. The SMILES string of the molecule is COc1cccc2c1CN(Cc1ccc(OC)c3oc(-c4ccccc4)cc13)CC2. The molecule has 1 aromatic heterocycles. The Kier molecular flexibility index (Phi) is 4.93. The second-order valence-corrected chi connectivity index (χ2v) is 7.71. The summed E-state index contributed by atoms with van der Waals surface area (Å²) in [7, 11) is 3.44. The summed E-state index contributed by atoms with van der Waals surface area (Å²) in [5.41, 5.74) is 5.81. The number of fused-ring (bicyclic) bond motifs is 2. The number of hydrogen-bond acceptors (Lipinski definition) is 4. The Morgan fingerprint density at radius 1 is 0.900 bits per heavy atom. The standard InChI is InChI=1S/C26H25NO3/c1-28-23-10-6-9-18-13-14-27(17-22(18)23)16-20-11-12-24(29-2)26-21(20)15-25(30-26)19-7-4-3-5-8-19/h3-12,15H,13-14,16-17H2,1-2H3. The van der Waals surface area contributed by atoms with Crippen molar-refractivity contribution in [1.29, 1.82) is 0 Å². The number of furan rings is 1. The van der Waals surface area contributed by atoms with Gasteiger partial charge in [0, 0.05) is 36.1 Å². The summed E-state index contributed by atoms with van der Waals surface area (Å²) in [6, 6.07) is 22.9. The maximum absolute atomic E-state index is 6.24. The molecule has 0 saturated heterocycles. The third kappa shape index (κ3) is 3.33. The minimum Gasteiger partial charge on any atom is -0.496 e. The van der Waals surface area contributed by atoms with Crippen LogP contribution in [-0.2, 0) is 19.5 Å². The van der Waals surface area contributed by atoms with Gasteiger partial charge in [0.15, 0.2) is 11.3 Å². The van der Waals surface area contributed by atoms with Crippen LogP contribution in [0.15, 0.2) is 71.1 Å². The summed E-state index contributed by atoms with van der Waals surface area (Å²) in [4.78, 5) is 2.47. The van der Waals surface area contributed by atoms with E-state index >= 15 is 0 Å². The van der Waals surface area contributed by atoms with Gasteiger partial charge in [0.1, 0.15) is 11.5 Å². The lowest BCUT2D eigenvalue weighted by Crippen LogP contribution is -2.30. The van der Waals surface area contributed by atoms with E-state index in [-0.39, 0.29) is 0 Å². The Labute approximate surface area is 176 Å². The second-order valence-electron chi connectivity index (χ2n) is 7.71. The predicted octanol–water partition coefficient (Wildman–Crippen LogP) is 5.68. The largest absolute Gasteiger partial charge is 0.496 e. The van der Waals surface area contributed by atoms with Gasteiger partial charge >= 0.3 is 0 Å². The molecule has 0 bridgehead atoms. The number of ether oxygens (including phenoxy) is 2. The van der Waals surface area contributed by atoms with Crippen LogP contribution in [0.3, 0.4) is 0 Å². The highest BCUT2D eigenvalue weighted by Crippen LogP contribution is 2.37. The fourth-order valence-electron chi connectivity index (χ4n) is 4.37. The van der Waals surface area contributed by atoms with Crippen molar-refractivity contribution >= 4 is 11.0 Å². The maximum Gasteiger partial charge on any atom is 0.176 e. The Morgan fingerprint density at radius 2 is 1.73 bits per heavy atom. The van der Waals surface area contributed by atoms with Gasteiger partial charge in [-0.15, -0.1) is 0 Å². The van der Waals surface area contributed by atoms with Gasteiger partial charge in [0.25, 0.3) is 0 Å². The summed E-state index contributed by atoms with van der Waals surface area (Å²) in [6.07, 6.45) is 1.03. The molecule has 3 aromatic carbocycles. The first-order chi connectivity index (χ1) is 14.8. The van der Waals surface area contributed by atoms with Crippen LogP contribution in [0.4, 0.5) is 0 Å². The molecule has 0 unspecified atom stereocenters. The van der Waals surface area contributed by atoms with E-state index in [2.05, 4.69) is 47.4 Å². The molecule has 4 heteroatoms. The molecule has 0 aliphatic carbocycles. The quantitative estimate of drug-likeness (QED) is 0.433. The normalized spacial score (nSPS) is 13.9. The summed E-state index contributed by atoms with van der Waals surface area (Å²) >= 11 is 0. The number of hydrogen-bond donors (Lipinski definition) is 0. The molecule has 0 fully saturated rings. The van der Waals surface area contributed by atoms with E-state index < -0.39 is 0 Å². The van der Waals surface area contributed by atoms with Crippen LogP contribution in [0.1, 0.15) is 16.7 Å². The minimum atomic E-state index is 0.765. The molecule has 1 aliphatic rings. The second kappa shape index (κ2) is 7.88. The molecule has 2 heterocycles. The highest BCUT2D eigenvalue weighted by atomic mass is 16.5. The van der Waals surface area contributed by atoms with Gasteiger partial charge in [-0.25, -0.2) is 0 Å². The Balaban J connectivity index is 1.50. The third-order valence-corrected chi connectivity index (χ3v) is 5.94. The van der Waals surface area contributed by atoms with Crippen LogP contribution >= 0.6 is 0 Å². The molecular formula is C26H25NO3. The van der Waals surface area contributed by atoms with Gasteiger partial charge in [-0.05, 0) is 35.7 Å². The van der Waals surface area contributed by atoms with Crippen LogP contribution < -0.4 is 9.47 Å². The third-order valence-electron chi connectivity index (χ3n) is 5.94. The average Bonchev–Trinajstić information content (AvgIpc) is 3.25. The number of rotatable bonds is 5. The first-order valence-corrected chi connectivity index (χ1v) is 10.3. The molecule has 0 saturated carbocycles.